The van der Waals surface area contributed by atoms with Crippen LogP contribution in [0, 0.1) is 0 Å². The topological polar surface area (TPSA) is 58.6 Å². The fourth-order valence-corrected chi connectivity index (χ4v) is 1.99. The first-order valence-corrected chi connectivity index (χ1v) is 6.33. The smallest absolute Gasteiger partial charge is 0.339 e. The van der Waals surface area contributed by atoms with Crippen LogP contribution in [0.4, 0.5) is 14.5 Å². The average Bonchev–Trinajstić information content (AvgIpc) is 2.36. The molecule has 0 aliphatic carbocycles. The van der Waals surface area contributed by atoms with E-state index in [0.717, 1.165) is 7.11 Å². The zero-order valence-corrected chi connectivity index (χ0v) is 11.3. The molecule has 0 fully saturated rings. The van der Waals surface area contributed by atoms with Crippen LogP contribution in [0.15, 0.2) is 29.2 Å². The Morgan fingerprint density at radius 2 is 2.16 bits per heavy atom. The number of hydrogen-bond acceptors (Lipinski definition) is 5. The summed E-state index contributed by atoms with van der Waals surface area (Å²) in [5.41, 5.74) is -1.30. The van der Waals surface area contributed by atoms with E-state index in [2.05, 4.69) is 10.1 Å². The van der Waals surface area contributed by atoms with Crippen LogP contribution in [0.5, 0.6) is 0 Å². The summed E-state index contributed by atoms with van der Waals surface area (Å²) in [5.74, 6) is -3.33. The molecule has 0 amide bonds. The van der Waals surface area contributed by atoms with E-state index in [4.69, 9.17) is 0 Å². The molecule has 106 valence electrons. The Morgan fingerprint density at radius 1 is 1.53 bits per heavy atom. The molecule has 1 atom stereocenters. The van der Waals surface area contributed by atoms with Gasteiger partial charge in [0.2, 0.25) is 0 Å². The van der Waals surface area contributed by atoms with Gasteiger partial charge < -0.3 is 15.2 Å². The van der Waals surface area contributed by atoms with E-state index in [1.165, 1.54) is 13.0 Å². The Labute approximate surface area is 114 Å². The summed E-state index contributed by atoms with van der Waals surface area (Å²) in [6.07, 6.45) is 0. The maximum Gasteiger partial charge on any atom is 0.339 e. The summed E-state index contributed by atoms with van der Waals surface area (Å²) in [7, 11) is 1.16. The highest BCUT2D eigenvalue weighted by atomic mass is 32.2. The normalized spacial score (nSPS) is 14.0. The largest absolute Gasteiger partial charge is 0.467 e. The van der Waals surface area contributed by atoms with E-state index in [1.54, 1.807) is 18.2 Å². The molecule has 1 rings (SSSR count). The maximum atomic E-state index is 12.4. The quantitative estimate of drug-likeness (QED) is 0.622. The third-order valence-electron chi connectivity index (χ3n) is 2.35. The van der Waals surface area contributed by atoms with Crippen molar-refractivity contribution in [2.75, 3.05) is 19.0 Å². The standard InChI is InChI=1S/C12H15F2NO3S/c1-12(17,10(16)18-2)7-15-8-5-3-4-6-9(8)19-11(13)14/h3-6,11,15,17H,7H2,1-2H3. The van der Waals surface area contributed by atoms with Crippen LogP contribution in [0.25, 0.3) is 0 Å². The summed E-state index contributed by atoms with van der Waals surface area (Å²) in [5, 5.41) is 12.6. The summed E-state index contributed by atoms with van der Waals surface area (Å²) in [6, 6.07) is 6.43. The zero-order chi connectivity index (χ0) is 14.5. The average molecular weight is 291 g/mol. The fourth-order valence-electron chi connectivity index (χ4n) is 1.37. The first-order valence-electron chi connectivity index (χ1n) is 5.45. The Hall–Kier alpha value is -1.34. The summed E-state index contributed by atoms with van der Waals surface area (Å²) >= 11 is 0.396. The minimum atomic E-state index is -2.54. The lowest BCUT2D eigenvalue weighted by Crippen LogP contribution is -2.42. The second kappa shape index (κ2) is 6.72. The molecule has 1 unspecified atom stereocenters. The number of carbonyl (C=O) groups excluding carboxylic acids is 1. The highest BCUT2D eigenvalue weighted by Crippen LogP contribution is 2.31. The molecular formula is C12H15F2NO3S. The zero-order valence-electron chi connectivity index (χ0n) is 10.5. The monoisotopic (exact) mass is 291 g/mol. The number of alkyl halides is 2. The van der Waals surface area contributed by atoms with Crippen LogP contribution in [-0.2, 0) is 9.53 Å². The molecule has 7 heteroatoms. The molecule has 0 aromatic heterocycles. The predicted molar refractivity (Wildman–Crippen MR) is 69.4 cm³/mol. The number of rotatable bonds is 6. The SMILES string of the molecule is COC(=O)C(C)(O)CNc1ccccc1SC(F)F. The van der Waals surface area contributed by atoms with Crippen LogP contribution < -0.4 is 5.32 Å². The first kappa shape index (κ1) is 15.7. The van der Waals surface area contributed by atoms with Gasteiger partial charge in [-0.1, -0.05) is 23.9 Å². The lowest BCUT2D eigenvalue weighted by atomic mass is 10.1. The van der Waals surface area contributed by atoms with Crippen molar-refractivity contribution < 1.29 is 23.4 Å². The number of carbonyl (C=O) groups is 1. The molecule has 0 aliphatic rings. The molecule has 1 aromatic carbocycles. The van der Waals surface area contributed by atoms with Gasteiger partial charge in [-0.2, -0.15) is 8.78 Å². The second-order valence-corrected chi connectivity index (χ2v) is 5.03. The molecule has 19 heavy (non-hydrogen) atoms. The van der Waals surface area contributed by atoms with E-state index in [1.807, 2.05) is 0 Å². The Bertz CT molecular complexity index is 441. The molecule has 0 saturated heterocycles. The lowest BCUT2D eigenvalue weighted by Gasteiger charge is -2.22. The number of nitrogens with one attached hydrogen (secondary N) is 1. The van der Waals surface area contributed by atoms with Gasteiger partial charge in [-0.3, -0.25) is 0 Å². The first-order chi connectivity index (χ1) is 8.86. The summed E-state index contributed by atoms with van der Waals surface area (Å²) in [6.45, 7) is 1.15. The van der Waals surface area contributed by atoms with Crippen molar-refractivity contribution in [3.63, 3.8) is 0 Å². The van der Waals surface area contributed by atoms with Gasteiger partial charge in [0, 0.05) is 10.6 Å². The third kappa shape index (κ3) is 4.68. The van der Waals surface area contributed by atoms with E-state index in [-0.39, 0.29) is 6.54 Å². The van der Waals surface area contributed by atoms with Gasteiger partial charge in [-0.25, -0.2) is 4.79 Å². The van der Waals surface area contributed by atoms with Crippen LogP contribution >= 0.6 is 11.8 Å². The number of halogens is 2. The fraction of sp³-hybridized carbons (Fsp3) is 0.417. The van der Waals surface area contributed by atoms with E-state index in [0.29, 0.717) is 22.3 Å². The number of methoxy groups -OCH3 is 1. The van der Waals surface area contributed by atoms with Crippen molar-refractivity contribution in [1.82, 2.24) is 0 Å². The maximum absolute atomic E-state index is 12.4. The predicted octanol–water partition coefficient (Wildman–Crippen LogP) is 2.34. The van der Waals surface area contributed by atoms with Crippen LogP contribution in [0.2, 0.25) is 0 Å². The molecule has 4 nitrogen and oxygen atoms in total. The number of anilines is 1. The van der Waals surface area contributed by atoms with Crippen LogP contribution in [0.1, 0.15) is 6.92 Å². The molecule has 0 radical (unpaired) electrons. The van der Waals surface area contributed by atoms with Crippen molar-refractivity contribution in [3.8, 4) is 0 Å². The minimum Gasteiger partial charge on any atom is -0.467 e. The number of para-hydroxylation sites is 1. The molecule has 0 spiro atoms. The van der Waals surface area contributed by atoms with E-state index >= 15 is 0 Å². The number of hydrogen-bond donors (Lipinski definition) is 2. The second-order valence-electron chi connectivity index (χ2n) is 3.99. The van der Waals surface area contributed by atoms with Gasteiger partial charge in [-0.05, 0) is 19.1 Å². The number of esters is 1. The Morgan fingerprint density at radius 3 is 2.74 bits per heavy atom. The molecule has 0 heterocycles. The van der Waals surface area contributed by atoms with Crippen LogP contribution in [-0.4, -0.2) is 36.1 Å². The van der Waals surface area contributed by atoms with Gasteiger partial charge >= 0.3 is 5.97 Å². The van der Waals surface area contributed by atoms with Crippen LogP contribution in [0.3, 0.4) is 0 Å². The molecule has 0 bridgehead atoms. The minimum absolute atomic E-state index is 0.138. The Balaban J connectivity index is 2.75. The van der Waals surface area contributed by atoms with Crippen molar-refractivity contribution >= 4 is 23.4 Å². The van der Waals surface area contributed by atoms with Crippen molar-refractivity contribution in [2.45, 2.75) is 23.2 Å². The molecular weight excluding hydrogens is 276 g/mol. The highest BCUT2D eigenvalue weighted by Gasteiger charge is 2.31. The molecule has 0 saturated carbocycles. The summed E-state index contributed by atoms with van der Waals surface area (Å²) < 4.78 is 29.2. The Kier molecular flexibility index (Phi) is 5.56. The lowest BCUT2D eigenvalue weighted by molar-refractivity contribution is -0.158. The number of benzene rings is 1. The number of ether oxygens (including phenoxy) is 1. The van der Waals surface area contributed by atoms with Gasteiger partial charge in [0.1, 0.15) is 0 Å². The van der Waals surface area contributed by atoms with Gasteiger partial charge in [-0.15, -0.1) is 0 Å². The highest BCUT2D eigenvalue weighted by molar-refractivity contribution is 7.99. The number of thioether (sulfide) groups is 1. The molecule has 1 aromatic rings. The van der Waals surface area contributed by atoms with E-state index in [9.17, 15) is 18.7 Å². The van der Waals surface area contributed by atoms with Gasteiger partial charge in [0.05, 0.1) is 13.7 Å². The number of aliphatic hydroxyl groups is 1. The van der Waals surface area contributed by atoms with Crippen molar-refractivity contribution in [3.05, 3.63) is 24.3 Å². The van der Waals surface area contributed by atoms with Gasteiger partial charge in [0.15, 0.2) is 5.60 Å². The van der Waals surface area contributed by atoms with Crippen molar-refractivity contribution in [1.29, 1.82) is 0 Å². The van der Waals surface area contributed by atoms with Gasteiger partial charge in [0.25, 0.3) is 5.76 Å². The van der Waals surface area contributed by atoms with Crippen molar-refractivity contribution in [2.24, 2.45) is 0 Å². The van der Waals surface area contributed by atoms with E-state index < -0.39 is 17.3 Å². The molecule has 0 aliphatic heterocycles. The molecule has 2 N–H and O–H groups in total. The third-order valence-corrected chi connectivity index (χ3v) is 3.14. The summed E-state index contributed by atoms with van der Waals surface area (Å²) in [4.78, 5) is 11.6.